The van der Waals surface area contributed by atoms with Gasteiger partial charge in [-0.1, -0.05) is 285 Å². The fourth-order valence-corrected chi connectivity index (χ4v) is 9.50. The first kappa shape index (κ1) is 75.3. The van der Waals surface area contributed by atoms with Gasteiger partial charge in [0.05, 0.1) is 0 Å². The standard InChI is InChI=1S/C73H126O6/c1-4-7-10-13-16-19-22-25-28-31-33-34-35-36-37-38-40-42-45-48-51-54-57-60-63-66-72(75)78-69-70(68-77-71(74)65-62-59-56-53-50-47-44-41-30-27-24-21-18-15-12-9-6-3)79-73(76)67-64-61-58-55-52-49-46-43-39-32-29-26-23-20-17-14-11-8-5-2/h9,12,17-18,20-22,25-27,29-31,33,35-36,70H,4-8,10-11,13-16,19,23-24,28,32,34,37-69H2,1-3H3/b12-9-,20-17-,21-18-,25-22-,29-26-,30-27-,33-31-,36-35-. The zero-order valence-corrected chi connectivity index (χ0v) is 52.1. The van der Waals surface area contributed by atoms with E-state index in [1.54, 1.807) is 0 Å². The van der Waals surface area contributed by atoms with E-state index >= 15 is 0 Å². The minimum Gasteiger partial charge on any atom is -0.462 e. The maximum atomic E-state index is 12.9. The molecule has 0 bridgehead atoms. The summed E-state index contributed by atoms with van der Waals surface area (Å²) in [4.78, 5) is 38.4. The number of carbonyl (C=O) groups is 3. The third-order valence-electron chi connectivity index (χ3n) is 14.5. The van der Waals surface area contributed by atoms with Crippen molar-refractivity contribution in [3.05, 3.63) is 97.2 Å². The molecule has 0 aliphatic carbocycles. The molecular formula is C73H126O6. The van der Waals surface area contributed by atoms with Gasteiger partial charge in [-0.25, -0.2) is 0 Å². The van der Waals surface area contributed by atoms with Gasteiger partial charge in [0.2, 0.25) is 0 Å². The molecule has 0 N–H and O–H groups in total. The molecule has 6 heteroatoms. The van der Waals surface area contributed by atoms with Crippen LogP contribution in [0.25, 0.3) is 0 Å². The van der Waals surface area contributed by atoms with Gasteiger partial charge in [0, 0.05) is 19.3 Å². The Kier molecular flexibility index (Phi) is 63.7. The Labute approximate surface area is 489 Å². The smallest absolute Gasteiger partial charge is 0.306 e. The average molecular weight is 1100 g/mol. The van der Waals surface area contributed by atoms with Gasteiger partial charge < -0.3 is 14.2 Å². The van der Waals surface area contributed by atoms with E-state index in [4.69, 9.17) is 14.2 Å². The summed E-state index contributed by atoms with van der Waals surface area (Å²) in [6.45, 7) is 6.51. The van der Waals surface area contributed by atoms with Gasteiger partial charge in [0.25, 0.3) is 0 Å². The number of rotatable bonds is 61. The van der Waals surface area contributed by atoms with E-state index in [0.29, 0.717) is 19.3 Å². The van der Waals surface area contributed by atoms with Crippen LogP contribution in [-0.2, 0) is 28.6 Å². The van der Waals surface area contributed by atoms with Crippen molar-refractivity contribution in [3.8, 4) is 0 Å². The van der Waals surface area contributed by atoms with Gasteiger partial charge in [0.1, 0.15) is 13.2 Å². The molecule has 0 spiro atoms. The molecule has 6 nitrogen and oxygen atoms in total. The minimum atomic E-state index is -0.789. The highest BCUT2D eigenvalue weighted by Crippen LogP contribution is 2.16. The maximum absolute atomic E-state index is 12.9. The summed E-state index contributed by atoms with van der Waals surface area (Å²) in [7, 11) is 0. The number of hydrogen-bond acceptors (Lipinski definition) is 6. The average Bonchev–Trinajstić information content (AvgIpc) is 3.45. The second-order valence-electron chi connectivity index (χ2n) is 22.3. The molecule has 0 aromatic carbocycles. The summed E-state index contributed by atoms with van der Waals surface area (Å²) < 4.78 is 17.0. The molecule has 0 aromatic rings. The van der Waals surface area contributed by atoms with Gasteiger partial charge in [-0.15, -0.1) is 0 Å². The third-order valence-corrected chi connectivity index (χ3v) is 14.5. The number of allylic oxidation sites excluding steroid dienone is 16. The van der Waals surface area contributed by atoms with Crippen LogP contribution in [0.4, 0.5) is 0 Å². The van der Waals surface area contributed by atoms with Crippen molar-refractivity contribution in [2.45, 2.75) is 335 Å². The molecule has 0 aliphatic heterocycles. The molecule has 0 rings (SSSR count). The topological polar surface area (TPSA) is 78.9 Å². The maximum Gasteiger partial charge on any atom is 0.306 e. The number of esters is 3. The lowest BCUT2D eigenvalue weighted by Gasteiger charge is -2.18. The van der Waals surface area contributed by atoms with Gasteiger partial charge in [0.15, 0.2) is 6.10 Å². The van der Waals surface area contributed by atoms with Crippen LogP contribution in [-0.4, -0.2) is 37.2 Å². The summed E-state index contributed by atoms with van der Waals surface area (Å²) in [6, 6.07) is 0. The lowest BCUT2D eigenvalue weighted by Crippen LogP contribution is -2.30. The van der Waals surface area contributed by atoms with Crippen molar-refractivity contribution in [2.24, 2.45) is 0 Å². The lowest BCUT2D eigenvalue weighted by molar-refractivity contribution is -0.167. The molecule has 0 aliphatic rings. The summed E-state index contributed by atoms with van der Waals surface area (Å²) >= 11 is 0. The van der Waals surface area contributed by atoms with Crippen molar-refractivity contribution in [2.75, 3.05) is 13.2 Å². The highest BCUT2D eigenvalue weighted by molar-refractivity contribution is 5.71. The first-order chi connectivity index (χ1) is 39.0. The van der Waals surface area contributed by atoms with E-state index in [1.165, 1.54) is 186 Å². The zero-order valence-electron chi connectivity index (χ0n) is 52.1. The van der Waals surface area contributed by atoms with Crippen molar-refractivity contribution in [3.63, 3.8) is 0 Å². The van der Waals surface area contributed by atoms with Crippen LogP contribution in [0.15, 0.2) is 97.2 Å². The predicted octanol–water partition coefficient (Wildman–Crippen LogP) is 23.2. The predicted molar refractivity (Wildman–Crippen MR) is 344 cm³/mol. The highest BCUT2D eigenvalue weighted by atomic mass is 16.6. The molecular weight excluding hydrogens is 973 g/mol. The monoisotopic (exact) mass is 1100 g/mol. The molecule has 79 heavy (non-hydrogen) atoms. The van der Waals surface area contributed by atoms with Crippen LogP contribution < -0.4 is 0 Å². The Morgan fingerprint density at radius 2 is 0.494 bits per heavy atom. The van der Waals surface area contributed by atoms with E-state index in [-0.39, 0.29) is 31.1 Å². The normalized spacial score (nSPS) is 12.7. The minimum absolute atomic E-state index is 0.0838. The molecule has 0 aromatic heterocycles. The Balaban J connectivity index is 4.37. The molecule has 0 fully saturated rings. The molecule has 0 radical (unpaired) electrons. The SMILES string of the molecule is CC/C=C\C/C=C\C/C=C\CCCCCCCCCC(=O)OCC(COC(=O)CCCCCCCCCCCC/C=C\C/C=C\C/C=C\CCCCCCC)OC(=O)CCCCCCCCCCC/C=C\C/C=C\CCCCC. The summed E-state index contributed by atoms with van der Waals surface area (Å²) in [5.74, 6) is -0.889. The quantitative estimate of drug-likeness (QED) is 0.0261. The number of unbranched alkanes of at least 4 members (excludes halogenated alkanes) is 34. The van der Waals surface area contributed by atoms with E-state index in [9.17, 15) is 14.4 Å². The van der Waals surface area contributed by atoms with Crippen LogP contribution in [0, 0.1) is 0 Å². The fraction of sp³-hybridized carbons (Fsp3) is 0.740. The van der Waals surface area contributed by atoms with E-state index < -0.39 is 6.10 Å². The van der Waals surface area contributed by atoms with Crippen LogP contribution in [0.5, 0.6) is 0 Å². The summed E-state index contributed by atoms with van der Waals surface area (Å²) in [6.07, 6.45) is 89.8. The van der Waals surface area contributed by atoms with Crippen LogP contribution in [0.3, 0.4) is 0 Å². The van der Waals surface area contributed by atoms with Crippen LogP contribution in [0.1, 0.15) is 329 Å². The zero-order chi connectivity index (χ0) is 57.1. The molecule has 0 saturated carbocycles. The van der Waals surface area contributed by atoms with Gasteiger partial charge in [-0.2, -0.15) is 0 Å². The Morgan fingerprint density at radius 3 is 0.797 bits per heavy atom. The highest BCUT2D eigenvalue weighted by Gasteiger charge is 2.19. The Bertz CT molecular complexity index is 1540. The van der Waals surface area contributed by atoms with Gasteiger partial charge >= 0.3 is 17.9 Å². The Hall–Kier alpha value is -3.67. The van der Waals surface area contributed by atoms with E-state index in [0.717, 1.165) is 103 Å². The largest absolute Gasteiger partial charge is 0.462 e. The first-order valence-corrected chi connectivity index (χ1v) is 33.7. The molecule has 1 unspecified atom stereocenters. The number of hydrogen-bond donors (Lipinski definition) is 0. The summed E-state index contributed by atoms with van der Waals surface area (Å²) in [5, 5.41) is 0. The summed E-state index contributed by atoms with van der Waals surface area (Å²) in [5.41, 5.74) is 0. The fourth-order valence-electron chi connectivity index (χ4n) is 9.50. The van der Waals surface area contributed by atoms with Crippen LogP contribution in [0.2, 0.25) is 0 Å². The Morgan fingerprint density at radius 1 is 0.266 bits per heavy atom. The molecule has 1 atom stereocenters. The second kappa shape index (κ2) is 66.8. The molecule has 0 heterocycles. The third kappa shape index (κ3) is 65.0. The van der Waals surface area contributed by atoms with Gasteiger partial charge in [-0.05, 0) is 122 Å². The van der Waals surface area contributed by atoms with E-state index in [1.807, 2.05) is 0 Å². The van der Waals surface area contributed by atoms with Crippen molar-refractivity contribution in [1.29, 1.82) is 0 Å². The van der Waals surface area contributed by atoms with Crippen molar-refractivity contribution >= 4 is 17.9 Å². The second-order valence-corrected chi connectivity index (χ2v) is 22.3. The van der Waals surface area contributed by atoms with E-state index in [2.05, 4.69) is 118 Å². The number of carbonyl (C=O) groups excluding carboxylic acids is 3. The molecule has 454 valence electrons. The van der Waals surface area contributed by atoms with Gasteiger partial charge in [-0.3, -0.25) is 14.4 Å². The lowest BCUT2D eigenvalue weighted by atomic mass is 10.0. The van der Waals surface area contributed by atoms with Crippen molar-refractivity contribution < 1.29 is 28.6 Å². The molecule has 0 saturated heterocycles. The van der Waals surface area contributed by atoms with Crippen molar-refractivity contribution in [1.82, 2.24) is 0 Å². The molecule has 0 amide bonds. The first-order valence-electron chi connectivity index (χ1n) is 33.7. The number of ether oxygens (including phenoxy) is 3. The van der Waals surface area contributed by atoms with Crippen LogP contribution >= 0.6 is 0 Å².